The Kier molecular flexibility index (Phi) is 8.11. The van der Waals surface area contributed by atoms with E-state index in [1.807, 2.05) is 18.2 Å². The number of rotatable bonds is 9. The monoisotopic (exact) mass is 343 g/mol. The van der Waals surface area contributed by atoms with E-state index in [4.69, 9.17) is 9.47 Å². The lowest BCUT2D eigenvalue weighted by atomic mass is 10.1. The first-order chi connectivity index (χ1) is 9.71. The molecule has 0 heterocycles. The molecular weight excluding hydrogens is 322 g/mol. The van der Waals surface area contributed by atoms with Gasteiger partial charge in [-0.3, -0.25) is 4.79 Å². The molecular formula is C15H22BrNO3. The van der Waals surface area contributed by atoms with E-state index in [1.54, 1.807) is 14.2 Å². The van der Waals surface area contributed by atoms with E-state index in [0.717, 1.165) is 35.9 Å². The van der Waals surface area contributed by atoms with Crippen LogP contribution >= 0.6 is 15.9 Å². The maximum atomic E-state index is 11.6. The highest BCUT2D eigenvalue weighted by molar-refractivity contribution is 9.09. The summed E-state index contributed by atoms with van der Waals surface area (Å²) in [7, 11) is 3.23. The quantitative estimate of drug-likeness (QED) is 0.554. The van der Waals surface area contributed by atoms with Gasteiger partial charge in [-0.05, 0) is 37.0 Å². The normalized spacial score (nSPS) is 10.2. The molecule has 0 saturated carbocycles. The van der Waals surface area contributed by atoms with Crippen molar-refractivity contribution < 1.29 is 14.3 Å². The molecule has 1 rings (SSSR count). The summed E-state index contributed by atoms with van der Waals surface area (Å²) in [5.41, 5.74) is 1.11. The first-order valence-corrected chi connectivity index (χ1v) is 7.87. The number of nitrogens with one attached hydrogen (secondary N) is 1. The van der Waals surface area contributed by atoms with Crippen molar-refractivity contribution in [2.75, 3.05) is 26.1 Å². The first-order valence-electron chi connectivity index (χ1n) is 6.74. The number of methoxy groups -OCH3 is 2. The molecule has 0 fully saturated rings. The van der Waals surface area contributed by atoms with Gasteiger partial charge in [0.2, 0.25) is 5.91 Å². The van der Waals surface area contributed by atoms with E-state index in [1.165, 1.54) is 0 Å². The minimum atomic E-state index is 0.117. The van der Waals surface area contributed by atoms with Crippen molar-refractivity contribution in [2.45, 2.75) is 25.7 Å². The van der Waals surface area contributed by atoms with Crippen LogP contribution in [0.2, 0.25) is 0 Å². The SMILES string of the molecule is COc1ccc(CCNC(=O)CCCCBr)cc1OC. The van der Waals surface area contributed by atoms with E-state index in [-0.39, 0.29) is 5.91 Å². The summed E-state index contributed by atoms with van der Waals surface area (Å²) in [6.45, 7) is 0.641. The smallest absolute Gasteiger partial charge is 0.220 e. The third-order valence-corrected chi connectivity index (χ3v) is 3.53. The predicted octanol–water partition coefficient (Wildman–Crippen LogP) is 2.93. The number of ether oxygens (including phenoxy) is 2. The Morgan fingerprint density at radius 2 is 1.95 bits per heavy atom. The van der Waals surface area contributed by atoms with Crippen molar-refractivity contribution in [1.82, 2.24) is 5.32 Å². The maximum absolute atomic E-state index is 11.6. The van der Waals surface area contributed by atoms with E-state index in [2.05, 4.69) is 21.2 Å². The third kappa shape index (κ3) is 5.82. The Morgan fingerprint density at radius 3 is 2.60 bits per heavy atom. The van der Waals surface area contributed by atoms with Gasteiger partial charge in [0.05, 0.1) is 14.2 Å². The zero-order valence-corrected chi connectivity index (χ0v) is 13.7. The molecule has 0 unspecified atom stereocenters. The van der Waals surface area contributed by atoms with Gasteiger partial charge in [-0.2, -0.15) is 0 Å². The van der Waals surface area contributed by atoms with Crippen LogP contribution in [0.5, 0.6) is 11.5 Å². The van der Waals surface area contributed by atoms with Crippen LogP contribution in [-0.2, 0) is 11.2 Å². The van der Waals surface area contributed by atoms with E-state index >= 15 is 0 Å². The lowest BCUT2D eigenvalue weighted by molar-refractivity contribution is -0.121. The van der Waals surface area contributed by atoms with Gasteiger partial charge in [-0.15, -0.1) is 0 Å². The van der Waals surface area contributed by atoms with Gasteiger partial charge in [0, 0.05) is 18.3 Å². The molecule has 0 saturated heterocycles. The van der Waals surface area contributed by atoms with E-state index in [0.29, 0.717) is 18.7 Å². The second kappa shape index (κ2) is 9.64. The zero-order chi connectivity index (χ0) is 14.8. The molecule has 1 aromatic carbocycles. The molecule has 1 aromatic rings. The minimum Gasteiger partial charge on any atom is -0.493 e. The standard InChI is InChI=1S/C15H22BrNO3/c1-19-13-7-6-12(11-14(13)20-2)8-10-17-15(18)5-3-4-9-16/h6-7,11H,3-5,8-10H2,1-2H3,(H,17,18). The van der Waals surface area contributed by atoms with Crippen LogP contribution in [-0.4, -0.2) is 32.0 Å². The molecule has 0 aliphatic carbocycles. The predicted molar refractivity (Wildman–Crippen MR) is 83.9 cm³/mol. The van der Waals surface area contributed by atoms with Gasteiger partial charge in [-0.1, -0.05) is 22.0 Å². The molecule has 0 radical (unpaired) electrons. The lowest BCUT2D eigenvalue weighted by Crippen LogP contribution is -2.25. The Balaban J connectivity index is 2.36. The average Bonchev–Trinajstić information content (AvgIpc) is 2.47. The average molecular weight is 344 g/mol. The highest BCUT2D eigenvalue weighted by Gasteiger charge is 2.05. The summed E-state index contributed by atoms with van der Waals surface area (Å²) in [4.78, 5) is 11.6. The summed E-state index contributed by atoms with van der Waals surface area (Å²) in [5.74, 6) is 1.55. The molecule has 4 nitrogen and oxygen atoms in total. The molecule has 5 heteroatoms. The molecule has 1 amide bonds. The van der Waals surface area contributed by atoms with Crippen LogP contribution in [0.25, 0.3) is 0 Å². The minimum absolute atomic E-state index is 0.117. The lowest BCUT2D eigenvalue weighted by Gasteiger charge is -2.10. The van der Waals surface area contributed by atoms with Crippen LogP contribution in [0.1, 0.15) is 24.8 Å². The number of carbonyl (C=O) groups is 1. The van der Waals surface area contributed by atoms with Crippen molar-refractivity contribution in [3.05, 3.63) is 23.8 Å². The number of benzene rings is 1. The molecule has 0 spiro atoms. The Labute approximate surface area is 129 Å². The highest BCUT2D eigenvalue weighted by atomic mass is 79.9. The van der Waals surface area contributed by atoms with Crippen molar-refractivity contribution in [1.29, 1.82) is 0 Å². The number of halogens is 1. The van der Waals surface area contributed by atoms with Gasteiger partial charge in [0.1, 0.15) is 0 Å². The van der Waals surface area contributed by atoms with Crippen molar-refractivity contribution in [3.8, 4) is 11.5 Å². The summed E-state index contributed by atoms with van der Waals surface area (Å²) in [5, 5.41) is 3.88. The van der Waals surface area contributed by atoms with Crippen molar-refractivity contribution in [2.24, 2.45) is 0 Å². The summed E-state index contributed by atoms with van der Waals surface area (Å²) >= 11 is 3.35. The number of hydrogen-bond acceptors (Lipinski definition) is 3. The number of unbranched alkanes of at least 4 members (excludes halogenated alkanes) is 1. The van der Waals surface area contributed by atoms with Crippen LogP contribution in [0.4, 0.5) is 0 Å². The Morgan fingerprint density at radius 1 is 1.20 bits per heavy atom. The van der Waals surface area contributed by atoms with Crippen LogP contribution < -0.4 is 14.8 Å². The zero-order valence-electron chi connectivity index (χ0n) is 12.1. The Bertz CT molecular complexity index is 424. The van der Waals surface area contributed by atoms with Gasteiger partial charge < -0.3 is 14.8 Å². The van der Waals surface area contributed by atoms with E-state index in [9.17, 15) is 4.79 Å². The molecule has 0 bridgehead atoms. The molecule has 0 atom stereocenters. The Hall–Kier alpha value is -1.23. The number of amides is 1. The summed E-state index contributed by atoms with van der Waals surface area (Å²) in [6.07, 6.45) is 3.33. The largest absolute Gasteiger partial charge is 0.493 e. The molecule has 0 aliphatic heterocycles. The van der Waals surface area contributed by atoms with Crippen LogP contribution in [0.15, 0.2) is 18.2 Å². The topological polar surface area (TPSA) is 47.6 Å². The first kappa shape index (κ1) is 16.8. The number of hydrogen-bond donors (Lipinski definition) is 1. The van der Waals surface area contributed by atoms with Crippen molar-refractivity contribution >= 4 is 21.8 Å². The van der Waals surface area contributed by atoms with Crippen LogP contribution in [0, 0.1) is 0 Å². The molecule has 0 aromatic heterocycles. The second-order valence-corrected chi connectivity index (χ2v) is 5.23. The summed E-state index contributed by atoms with van der Waals surface area (Å²) < 4.78 is 10.4. The molecule has 112 valence electrons. The fourth-order valence-corrected chi connectivity index (χ4v) is 2.25. The number of carbonyl (C=O) groups excluding carboxylic acids is 1. The second-order valence-electron chi connectivity index (χ2n) is 4.44. The van der Waals surface area contributed by atoms with Crippen LogP contribution in [0.3, 0.4) is 0 Å². The van der Waals surface area contributed by atoms with Gasteiger partial charge >= 0.3 is 0 Å². The fourth-order valence-electron chi connectivity index (χ4n) is 1.85. The molecule has 0 aliphatic rings. The van der Waals surface area contributed by atoms with Gasteiger partial charge in [0.25, 0.3) is 0 Å². The van der Waals surface area contributed by atoms with Gasteiger partial charge in [0.15, 0.2) is 11.5 Å². The van der Waals surface area contributed by atoms with Crippen molar-refractivity contribution in [3.63, 3.8) is 0 Å². The molecule has 1 N–H and O–H groups in total. The van der Waals surface area contributed by atoms with E-state index < -0.39 is 0 Å². The van der Waals surface area contributed by atoms with Gasteiger partial charge in [-0.25, -0.2) is 0 Å². The number of alkyl halides is 1. The highest BCUT2D eigenvalue weighted by Crippen LogP contribution is 2.27. The third-order valence-electron chi connectivity index (χ3n) is 2.97. The summed E-state index contributed by atoms with van der Waals surface area (Å²) in [6, 6.07) is 5.81. The fraction of sp³-hybridized carbons (Fsp3) is 0.533. The maximum Gasteiger partial charge on any atom is 0.220 e. The molecule has 20 heavy (non-hydrogen) atoms.